The van der Waals surface area contributed by atoms with E-state index in [1.54, 1.807) is 19.1 Å². The minimum absolute atomic E-state index is 0.00867. The summed E-state index contributed by atoms with van der Waals surface area (Å²) in [5.41, 5.74) is 8.37. The zero-order valence-electron chi connectivity index (χ0n) is 22.5. The molecule has 3 atom stereocenters. The lowest BCUT2D eigenvalue weighted by Crippen LogP contribution is -2.47. The number of rotatable bonds is 7. The Labute approximate surface area is 225 Å². The van der Waals surface area contributed by atoms with E-state index in [-0.39, 0.29) is 36.6 Å². The highest BCUT2D eigenvalue weighted by atomic mass is 19.4. The van der Waals surface area contributed by atoms with Gasteiger partial charge in [-0.1, -0.05) is 13.8 Å². The molecule has 3 rings (SSSR count). The first-order valence-corrected chi connectivity index (χ1v) is 12.6. The summed E-state index contributed by atoms with van der Waals surface area (Å²) in [6.45, 7) is 5.36. The Morgan fingerprint density at radius 3 is 2.26 bits per heavy atom. The fraction of sp³-hybridized carbons (Fsp3) is 0.615. The van der Waals surface area contributed by atoms with Crippen LogP contribution in [0.1, 0.15) is 56.7 Å². The summed E-state index contributed by atoms with van der Waals surface area (Å²) in [4.78, 5) is 38.2. The van der Waals surface area contributed by atoms with E-state index >= 15 is 0 Å². The number of ether oxygens (including phenoxy) is 2. The number of carboxylic acid groups (broad SMARTS) is 1. The number of fused-ring (bicyclic) bond motifs is 1. The van der Waals surface area contributed by atoms with Gasteiger partial charge in [0.15, 0.2) is 11.5 Å². The number of methoxy groups -OCH3 is 2. The van der Waals surface area contributed by atoms with Crippen LogP contribution in [0.15, 0.2) is 12.1 Å². The Morgan fingerprint density at radius 2 is 1.74 bits per heavy atom. The molecule has 1 aromatic carbocycles. The van der Waals surface area contributed by atoms with Gasteiger partial charge in [-0.25, -0.2) is 4.79 Å². The molecule has 0 spiro atoms. The SMILES string of the molecule is COc1cc2c(cc1OC)C(C(C)C)N(C(=O)CC[C@H](N)C(=O)N1CCC[C@H]1C#N)CC2.O=C(O)C(F)(F)F. The number of alkyl halides is 3. The second-order valence-corrected chi connectivity index (χ2v) is 9.70. The number of carbonyl (C=O) groups is 3. The van der Waals surface area contributed by atoms with E-state index < -0.39 is 24.2 Å². The Morgan fingerprint density at radius 1 is 1.15 bits per heavy atom. The van der Waals surface area contributed by atoms with E-state index in [1.807, 2.05) is 17.0 Å². The van der Waals surface area contributed by atoms with Crippen LogP contribution in [0.2, 0.25) is 0 Å². The number of nitrogens with two attached hydrogens (primary N) is 1. The predicted molar refractivity (Wildman–Crippen MR) is 134 cm³/mol. The molecule has 2 heterocycles. The molecule has 10 nitrogen and oxygen atoms in total. The van der Waals surface area contributed by atoms with Crippen molar-refractivity contribution < 1.29 is 42.1 Å². The van der Waals surface area contributed by atoms with Crippen molar-refractivity contribution in [2.75, 3.05) is 27.3 Å². The molecule has 216 valence electrons. The van der Waals surface area contributed by atoms with Crippen LogP contribution in [0.25, 0.3) is 0 Å². The van der Waals surface area contributed by atoms with Gasteiger partial charge in [0.2, 0.25) is 11.8 Å². The van der Waals surface area contributed by atoms with E-state index in [2.05, 4.69) is 19.9 Å². The zero-order chi connectivity index (χ0) is 29.5. The number of halogens is 3. The molecule has 3 N–H and O–H groups in total. The molecule has 2 aliphatic rings. The van der Waals surface area contributed by atoms with Crippen LogP contribution >= 0.6 is 0 Å². The normalized spacial score (nSPS) is 19.4. The molecule has 0 radical (unpaired) electrons. The van der Waals surface area contributed by atoms with Gasteiger partial charge in [0.05, 0.1) is 32.4 Å². The van der Waals surface area contributed by atoms with Gasteiger partial charge in [0.25, 0.3) is 0 Å². The van der Waals surface area contributed by atoms with Gasteiger partial charge in [0, 0.05) is 19.5 Å². The number of hydrogen-bond donors (Lipinski definition) is 2. The highest BCUT2D eigenvalue weighted by Crippen LogP contribution is 2.41. The Kier molecular flexibility index (Phi) is 11.0. The van der Waals surface area contributed by atoms with Crippen molar-refractivity contribution in [3.63, 3.8) is 0 Å². The quantitative estimate of drug-likeness (QED) is 0.521. The van der Waals surface area contributed by atoms with Gasteiger partial charge < -0.3 is 30.1 Å². The van der Waals surface area contributed by atoms with Crippen LogP contribution < -0.4 is 15.2 Å². The highest BCUT2D eigenvalue weighted by molar-refractivity contribution is 5.84. The van der Waals surface area contributed by atoms with Crippen molar-refractivity contribution >= 4 is 17.8 Å². The van der Waals surface area contributed by atoms with E-state index in [1.165, 1.54) is 0 Å². The monoisotopic (exact) mass is 556 g/mol. The summed E-state index contributed by atoms with van der Waals surface area (Å²) < 4.78 is 42.7. The first kappa shape index (κ1) is 31.7. The molecule has 2 amide bonds. The van der Waals surface area contributed by atoms with Gasteiger partial charge in [0.1, 0.15) is 6.04 Å². The lowest BCUT2D eigenvalue weighted by molar-refractivity contribution is -0.192. The summed E-state index contributed by atoms with van der Waals surface area (Å²) in [6.07, 6.45) is -2.39. The van der Waals surface area contributed by atoms with Gasteiger partial charge in [-0.3, -0.25) is 9.59 Å². The van der Waals surface area contributed by atoms with Crippen LogP contribution in [0.4, 0.5) is 13.2 Å². The molecule has 0 aromatic heterocycles. The molecule has 1 saturated heterocycles. The maximum absolute atomic E-state index is 13.2. The summed E-state index contributed by atoms with van der Waals surface area (Å²) in [5.74, 6) is -1.46. The second kappa shape index (κ2) is 13.5. The predicted octanol–water partition coefficient (Wildman–Crippen LogP) is 3.04. The fourth-order valence-corrected chi connectivity index (χ4v) is 4.90. The van der Waals surface area contributed by atoms with Crippen molar-refractivity contribution in [2.45, 2.75) is 70.3 Å². The number of nitriles is 1. The van der Waals surface area contributed by atoms with Gasteiger partial charge >= 0.3 is 12.1 Å². The van der Waals surface area contributed by atoms with Crippen molar-refractivity contribution in [2.24, 2.45) is 11.7 Å². The minimum atomic E-state index is -5.08. The first-order chi connectivity index (χ1) is 18.3. The number of carboxylic acids is 1. The summed E-state index contributed by atoms with van der Waals surface area (Å²) in [6, 6.07) is 4.89. The van der Waals surface area contributed by atoms with Crippen molar-refractivity contribution in [3.8, 4) is 17.6 Å². The van der Waals surface area contributed by atoms with Gasteiger partial charge in [-0.15, -0.1) is 0 Å². The number of benzene rings is 1. The number of amides is 2. The number of likely N-dealkylation sites (tertiary alicyclic amines) is 1. The standard InChI is InChI=1S/C24H34N4O4.C2HF3O2/c1-15(2)23-18-13-21(32-4)20(31-3)12-16(18)9-11-28(23)22(29)8-7-19(26)24(30)27-10-5-6-17(27)14-25;3-2(4,5)1(6)7/h12-13,15,17,19,23H,5-11,26H2,1-4H3;(H,6,7)/t17-,19-,23?;/m0./s1. The summed E-state index contributed by atoms with van der Waals surface area (Å²) in [5, 5.41) is 16.3. The lowest BCUT2D eigenvalue weighted by atomic mass is 9.85. The van der Waals surface area contributed by atoms with Crippen molar-refractivity contribution in [1.29, 1.82) is 5.26 Å². The number of aliphatic carboxylic acids is 1. The molecule has 13 heteroatoms. The average Bonchev–Trinajstić information content (AvgIpc) is 3.38. The molecule has 0 bridgehead atoms. The van der Waals surface area contributed by atoms with Crippen LogP contribution in [0.5, 0.6) is 11.5 Å². The second-order valence-electron chi connectivity index (χ2n) is 9.70. The highest BCUT2D eigenvalue weighted by Gasteiger charge is 2.38. The summed E-state index contributed by atoms with van der Waals surface area (Å²) in [7, 11) is 3.23. The Bertz CT molecular complexity index is 1090. The van der Waals surface area contributed by atoms with E-state index in [4.69, 9.17) is 25.1 Å². The molecular weight excluding hydrogens is 521 g/mol. The topological polar surface area (TPSA) is 146 Å². The smallest absolute Gasteiger partial charge is 0.490 e. The summed E-state index contributed by atoms with van der Waals surface area (Å²) >= 11 is 0. The number of nitrogens with zero attached hydrogens (tertiary/aromatic N) is 3. The zero-order valence-corrected chi connectivity index (χ0v) is 22.5. The third kappa shape index (κ3) is 7.75. The molecule has 0 aliphatic carbocycles. The van der Waals surface area contributed by atoms with Crippen LogP contribution in [-0.2, 0) is 20.8 Å². The lowest BCUT2D eigenvalue weighted by Gasteiger charge is -2.40. The maximum Gasteiger partial charge on any atom is 0.490 e. The van der Waals surface area contributed by atoms with Crippen LogP contribution in [0, 0.1) is 17.2 Å². The third-order valence-electron chi connectivity index (χ3n) is 6.79. The van der Waals surface area contributed by atoms with Crippen molar-refractivity contribution in [1.82, 2.24) is 9.80 Å². The Hall–Kier alpha value is -3.53. The van der Waals surface area contributed by atoms with Crippen LogP contribution in [-0.4, -0.2) is 78.3 Å². The largest absolute Gasteiger partial charge is 0.493 e. The van der Waals surface area contributed by atoms with E-state index in [0.717, 1.165) is 24.0 Å². The van der Waals surface area contributed by atoms with Gasteiger partial charge in [-0.05, 0) is 54.9 Å². The Balaban J connectivity index is 0.000000673. The number of carbonyl (C=O) groups excluding carboxylic acids is 2. The molecule has 39 heavy (non-hydrogen) atoms. The minimum Gasteiger partial charge on any atom is -0.493 e. The first-order valence-electron chi connectivity index (χ1n) is 12.6. The fourth-order valence-electron chi connectivity index (χ4n) is 4.90. The third-order valence-corrected chi connectivity index (χ3v) is 6.79. The average molecular weight is 557 g/mol. The maximum atomic E-state index is 13.2. The van der Waals surface area contributed by atoms with Crippen molar-refractivity contribution in [3.05, 3.63) is 23.3 Å². The molecule has 1 unspecified atom stereocenters. The van der Waals surface area contributed by atoms with Gasteiger partial charge in [-0.2, -0.15) is 18.4 Å². The molecule has 1 aromatic rings. The van der Waals surface area contributed by atoms with E-state index in [9.17, 15) is 28.0 Å². The van der Waals surface area contributed by atoms with Crippen LogP contribution in [0.3, 0.4) is 0 Å². The van der Waals surface area contributed by atoms with E-state index in [0.29, 0.717) is 31.0 Å². The number of hydrogen-bond acceptors (Lipinski definition) is 7. The molecular formula is C26H35F3N4O6. The molecule has 0 saturated carbocycles. The molecule has 1 fully saturated rings. The molecule has 2 aliphatic heterocycles.